The van der Waals surface area contributed by atoms with Crippen molar-refractivity contribution in [2.75, 3.05) is 13.2 Å². The van der Waals surface area contributed by atoms with E-state index in [-0.39, 0.29) is 36.5 Å². The Morgan fingerprint density at radius 2 is 1.59 bits per heavy atom. The molecule has 0 amide bonds. The molecule has 0 aliphatic heterocycles. The van der Waals surface area contributed by atoms with Gasteiger partial charge in [-0.3, -0.25) is 4.55 Å². The molecule has 1 N–H and O–H groups in total. The monoisotopic (exact) mass is 410 g/mol. The van der Waals surface area contributed by atoms with Crippen molar-refractivity contribution in [1.82, 2.24) is 0 Å². The number of hydrogen-bond donors (Lipinski definition) is 1. The van der Waals surface area contributed by atoms with Gasteiger partial charge in [0.25, 0.3) is 0 Å². The molecule has 6 nitrogen and oxygen atoms in total. The summed E-state index contributed by atoms with van der Waals surface area (Å²) >= 11 is 0. The summed E-state index contributed by atoms with van der Waals surface area (Å²) in [6.45, 7) is -2.09. The molecule has 27 heavy (non-hydrogen) atoms. The molecule has 0 aromatic heterocycles. The van der Waals surface area contributed by atoms with Crippen LogP contribution in [0.1, 0.15) is 23.5 Å². The smallest absolute Gasteiger partial charge is 1.00 e. The van der Waals surface area contributed by atoms with Gasteiger partial charge in [0, 0.05) is 0 Å². The van der Waals surface area contributed by atoms with E-state index in [0.717, 1.165) is 0 Å². The summed E-state index contributed by atoms with van der Waals surface area (Å²) in [5, 5.41) is -4.46. The Hall–Kier alpha value is -1.36. The van der Waals surface area contributed by atoms with Crippen LogP contribution in [0.2, 0.25) is 0 Å². The number of ether oxygens (including phenoxy) is 2. The Labute approximate surface area is 179 Å². The van der Waals surface area contributed by atoms with Gasteiger partial charge in [-0.15, -0.1) is 0 Å². The van der Waals surface area contributed by atoms with Crippen LogP contribution in [0.15, 0.2) is 60.7 Å². The second-order valence-electron chi connectivity index (χ2n) is 5.30. The maximum atomic E-state index is 13.2. The predicted octanol–water partition coefficient (Wildman–Crippen LogP) is 0.198. The number of carbonyl (C=O) groups excluding carboxylic acids is 1. The molecular weight excluding hydrogens is 393 g/mol. The number of alkyl halides is 2. The molecule has 1 atom stereocenters. The molecule has 0 fully saturated rings. The molecule has 0 saturated carbocycles. The average molecular weight is 410 g/mol. The number of benzene rings is 2. The van der Waals surface area contributed by atoms with Crippen molar-refractivity contribution in [1.29, 1.82) is 0 Å². The largest absolute Gasteiger partial charge is 1.00 e. The minimum absolute atomic E-state index is 0. The zero-order chi connectivity index (χ0) is 19.2. The fourth-order valence-corrected chi connectivity index (χ4v) is 2.23. The molecule has 0 radical (unpaired) electrons. The Morgan fingerprint density at radius 1 is 1.07 bits per heavy atom. The van der Waals surface area contributed by atoms with Crippen molar-refractivity contribution >= 4 is 16.1 Å². The first-order valence-corrected chi connectivity index (χ1v) is 8.88. The van der Waals surface area contributed by atoms with E-state index in [9.17, 15) is 22.0 Å². The van der Waals surface area contributed by atoms with Crippen molar-refractivity contribution in [3.63, 3.8) is 0 Å². The Morgan fingerprint density at radius 3 is 2.11 bits per heavy atom. The summed E-state index contributed by atoms with van der Waals surface area (Å²) in [5.74, 6) is -0.690. The van der Waals surface area contributed by atoms with Crippen LogP contribution in [0.5, 0.6) is 0 Å². The molecule has 0 aliphatic rings. The number of hydrogen-bond acceptors (Lipinski definition) is 5. The number of esters is 1. The summed E-state index contributed by atoms with van der Waals surface area (Å²) in [4.78, 5) is 12.2. The Bertz CT molecular complexity index is 837. The summed E-state index contributed by atoms with van der Waals surface area (Å²) in [7, 11) is -5.60. The number of carbonyl (C=O) groups is 1. The first kappa shape index (κ1) is 23.7. The van der Waals surface area contributed by atoms with Crippen molar-refractivity contribution in [3.8, 4) is 0 Å². The van der Waals surface area contributed by atoms with E-state index in [0.29, 0.717) is 5.56 Å². The van der Waals surface area contributed by atoms with Gasteiger partial charge >= 0.3 is 50.9 Å². The van der Waals surface area contributed by atoms with Gasteiger partial charge in [-0.25, -0.2) is 4.79 Å². The molecule has 142 valence electrons. The molecule has 0 heterocycles. The first-order chi connectivity index (χ1) is 12.2. The van der Waals surface area contributed by atoms with E-state index in [4.69, 9.17) is 14.0 Å². The van der Waals surface area contributed by atoms with Gasteiger partial charge < -0.3 is 10.9 Å². The van der Waals surface area contributed by atoms with Gasteiger partial charge in [0.05, 0.1) is 12.2 Å². The van der Waals surface area contributed by atoms with Gasteiger partial charge in [0.1, 0.15) is 6.61 Å². The minimum Gasteiger partial charge on any atom is -1.00 e. The second-order valence-corrected chi connectivity index (χ2v) is 6.85. The molecule has 0 bridgehead atoms. The molecule has 0 aliphatic carbocycles. The summed E-state index contributed by atoms with van der Waals surface area (Å²) < 4.78 is 66.2. The third-order valence-electron chi connectivity index (χ3n) is 3.35. The summed E-state index contributed by atoms with van der Waals surface area (Å²) in [6.07, 6.45) is -1.04. The maximum absolute atomic E-state index is 13.2. The van der Waals surface area contributed by atoms with E-state index in [1.807, 2.05) is 0 Å². The van der Waals surface area contributed by atoms with E-state index < -0.39 is 40.7 Å². The minimum atomic E-state index is -5.60. The Kier molecular flexibility index (Phi) is 9.00. The quantitative estimate of drug-likeness (QED) is 0.380. The third kappa shape index (κ3) is 6.95. The van der Waals surface area contributed by atoms with Gasteiger partial charge in [-0.05, 0) is 17.7 Å². The normalized spacial score (nSPS) is 12.7. The predicted molar refractivity (Wildman–Crippen MR) is 89.5 cm³/mol. The number of rotatable bonds is 8. The first-order valence-electron chi connectivity index (χ1n) is 7.44. The molecular formula is C17H17F2NaO6S. The van der Waals surface area contributed by atoms with Crippen LogP contribution in [0.25, 0.3) is 0 Å². The molecule has 2 aromatic carbocycles. The van der Waals surface area contributed by atoms with Gasteiger partial charge in [0.2, 0.25) is 0 Å². The standard InChI is InChI=1S/C17H16F2O6S.Na.H/c18-17(19,26(21,22)23)12-24-11-15(13-7-3-1-4-8-13)25-16(20)14-9-5-2-6-10-14;;/h1-10,15H,11-12H2,(H,21,22,23);;/q;+1;-1. The van der Waals surface area contributed by atoms with E-state index in [1.54, 1.807) is 48.5 Å². The van der Waals surface area contributed by atoms with Gasteiger partial charge in [-0.2, -0.15) is 17.2 Å². The second kappa shape index (κ2) is 10.3. The van der Waals surface area contributed by atoms with Crippen molar-refractivity contribution in [2.24, 2.45) is 0 Å². The number of halogens is 2. The summed E-state index contributed by atoms with van der Waals surface area (Å²) in [5.41, 5.74) is 0.739. The zero-order valence-corrected chi connectivity index (χ0v) is 17.2. The van der Waals surface area contributed by atoms with Crippen molar-refractivity contribution in [2.45, 2.75) is 11.4 Å². The van der Waals surface area contributed by atoms with Crippen LogP contribution in [-0.2, 0) is 19.6 Å². The van der Waals surface area contributed by atoms with Crippen LogP contribution in [0.3, 0.4) is 0 Å². The van der Waals surface area contributed by atoms with Crippen LogP contribution in [-0.4, -0.2) is 37.4 Å². The van der Waals surface area contributed by atoms with Crippen molar-refractivity contribution < 1.29 is 67.0 Å². The van der Waals surface area contributed by atoms with Crippen LogP contribution >= 0.6 is 0 Å². The zero-order valence-electron chi connectivity index (χ0n) is 15.4. The summed E-state index contributed by atoms with van der Waals surface area (Å²) in [6, 6.07) is 16.3. The van der Waals surface area contributed by atoms with Crippen LogP contribution in [0.4, 0.5) is 8.78 Å². The fraction of sp³-hybridized carbons (Fsp3) is 0.235. The van der Waals surface area contributed by atoms with Gasteiger partial charge in [-0.1, -0.05) is 48.5 Å². The average Bonchev–Trinajstić information content (AvgIpc) is 2.61. The van der Waals surface area contributed by atoms with E-state index >= 15 is 0 Å². The molecule has 0 saturated heterocycles. The van der Waals surface area contributed by atoms with E-state index in [1.165, 1.54) is 12.1 Å². The SMILES string of the molecule is O=C(OC(COCC(F)(F)S(=O)(=O)O)c1ccccc1)c1ccccc1.[H-].[Na+]. The third-order valence-corrected chi connectivity index (χ3v) is 4.22. The van der Waals surface area contributed by atoms with E-state index in [2.05, 4.69) is 0 Å². The molecule has 1 unspecified atom stereocenters. The maximum Gasteiger partial charge on any atom is 1.00 e. The van der Waals surface area contributed by atoms with Crippen molar-refractivity contribution in [3.05, 3.63) is 71.8 Å². The van der Waals surface area contributed by atoms with Crippen LogP contribution < -0.4 is 29.6 Å². The molecule has 2 rings (SSSR count). The fourth-order valence-electron chi connectivity index (χ4n) is 2.00. The molecule has 0 spiro atoms. The molecule has 10 heteroatoms. The Balaban J connectivity index is 0.00000364. The topological polar surface area (TPSA) is 89.9 Å². The molecule has 2 aromatic rings. The van der Waals surface area contributed by atoms with Crippen LogP contribution in [0, 0.1) is 0 Å². The van der Waals surface area contributed by atoms with Gasteiger partial charge in [0.15, 0.2) is 6.10 Å².